The Kier molecular flexibility index (Phi) is 10.5. The molecule has 3 N–H and O–H groups in total. The maximum absolute atomic E-state index is 12.5. The molecule has 0 saturated carbocycles. The first kappa shape index (κ1) is 26.7. The molecule has 6 nitrogen and oxygen atoms in total. The molecule has 2 rings (SSSR count). The number of hydrogen-bond donors (Lipinski definition) is 3. The van der Waals surface area contributed by atoms with Gasteiger partial charge in [0.25, 0.3) is 5.91 Å². The number of amides is 1. The van der Waals surface area contributed by atoms with E-state index in [4.69, 9.17) is 51.8 Å². The van der Waals surface area contributed by atoms with Gasteiger partial charge < -0.3 is 20.7 Å². The molecule has 172 valence electrons. The molecule has 0 heterocycles. The Hall–Kier alpha value is -1.58. The number of esters is 1. The first-order valence-corrected chi connectivity index (χ1v) is 11.9. The zero-order valence-corrected chi connectivity index (χ0v) is 21.6. The van der Waals surface area contributed by atoms with Crippen LogP contribution in [-0.4, -0.2) is 33.6 Å². The van der Waals surface area contributed by atoms with E-state index in [1.165, 1.54) is 0 Å². The van der Waals surface area contributed by atoms with Crippen LogP contribution in [-0.2, 0) is 4.74 Å². The van der Waals surface area contributed by atoms with Crippen LogP contribution in [0, 0.1) is 0 Å². The zero-order valence-electron chi connectivity index (χ0n) is 17.0. The topological polar surface area (TPSA) is 79.5 Å². The fourth-order valence-electron chi connectivity index (χ4n) is 2.40. The van der Waals surface area contributed by atoms with Gasteiger partial charge >= 0.3 is 5.97 Å². The summed E-state index contributed by atoms with van der Waals surface area (Å²) in [6, 6.07) is 13.2. The number of thiocarbonyl (C=S) groups is 1. The summed E-state index contributed by atoms with van der Waals surface area (Å²) in [5.41, 5.74) is 1.40. The average Bonchev–Trinajstić information content (AvgIpc) is 2.73. The number of alkyl halides is 3. The Morgan fingerprint density at radius 1 is 1.03 bits per heavy atom. The number of carbonyl (C=O) groups is 2. The second-order valence-electron chi connectivity index (χ2n) is 6.62. The van der Waals surface area contributed by atoms with E-state index in [0.717, 1.165) is 17.3 Å². The lowest BCUT2D eigenvalue weighted by Gasteiger charge is -2.27. The summed E-state index contributed by atoms with van der Waals surface area (Å²) in [4.78, 5) is 24.5. The molecule has 0 spiro atoms. The molecule has 11 heteroatoms. The number of benzene rings is 2. The van der Waals surface area contributed by atoms with Crippen molar-refractivity contribution < 1.29 is 14.3 Å². The number of hydrogen-bond acceptors (Lipinski definition) is 4. The van der Waals surface area contributed by atoms with Gasteiger partial charge in [0.1, 0.15) is 6.17 Å². The van der Waals surface area contributed by atoms with Crippen molar-refractivity contribution in [1.82, 2.24) is 10.6 Å². The maximum atomic E-state index is 12.5. The summed E-state index contributed by atoms with van der Waals surface area (Å²) >= 11 is 26.6. The number of unbranched alkanes of at least 4 members (excludes halogenated alkanes) is 1. The van der Waals surface area contributed by atoms with E-state index in [9.17, 15) is 9.59 Å². The third-order valence-corrected chi connectivity index (χ3v) is 5.50. The number of anilines is 1. The van der Waals surface area contributed by atoms with Crippen molar-refractivity contribution in [1.29, 1.82) is 0 Å². The van der Waals surface area contributed by atoms with Crippen LogP contribution < -0.4 is 16.0 Å². The highest BCUT2D eigenvalue weighted by Gasteiger charge is 2.34. The number of carbonyl (C=O) groups excluding carboxylic acids is 2. The van der Waals surface area contributed by atoms with Gasteiger partial charge in [-0.1, -0.05) is 64.1 Å². The van der Waals surface area contributed by atoms with Crippen LogP contribution in [0.3, 0.4) is 0 Å². The third-order valence-electron chi connectivity index (χ3n) is 4.09. The van der Waals surface area contributed by atoms with Crippen LogP contribution in [0.25, 0.3) is 0 Å². The summed E-state index contributed by atoms with van der Waals surface area (Å²) in [6.45, 7) is 2.40. The molecule has 0 radical (unpaired) electrons. The van der Waals surface area contributed by atoms with Gasteiger partial charge in [0, 0.05) is 15.7 Å². The summed E-state index contributed by atoms with van der Waals surface area (Å²) in [5.74, 6) is -0.840. The van der Waals surface area contributed by atoms with Gasteiger partial charge in [-0.2, -0.15) is 0 Å². The van der Waals surface area contributed by atoms with Crippen LogP contribution in [0.5, 0.6) is 0 Å². The van der Waals surface area contributed by atoms with Crippen molar-refractivity contribution in [2.75, 3.05) is 11.9 Å². The average molecular weight is 582 g/mol. The Balaban J connectivity index is 1.97. The predicted molar refractivity (Wildman–Crippen MR) is 137 cm³/mol. The minimum absolute atomic E-state index is 0.107. The monoisotopic (exact) mass is 579 g/mol. The highest BCUT2D eigenvalue weighted by Crippen LogP contribution is 2.29. The van der Waals surface area contributed by atoms with Crippen molar-refractivity contribution in [2.24, 2.45) is 0 Å². The van der Waals surface area contributed by atoms with Crippen molar-refractivity contribution in [3.05, 3.63) is 64.1 Å². The fourth-order valence-corrected chi connectivity index (χ4v) is 3.22. The molecular formula is C21H21BrCl3N3O3S. The number of halogens is 4. The van der Waals surface area contributed by atoms with Crippen molar-refractivity contribution >= 4 is 85.6 Å². The third kappa shape index (κ3) is 8.75. The van der Waals surface area contributed by atoms with Gasteiger partial charge in [0.05, 0.1) is 12.2 Å². The Morgan fingerprint density at radius 3 is 2.19 bits per heavy atom. The largest absolute Gasteiger partial charge is 0.462 e. The van der Waals surface area contributed by atoms with E-state index < -0.39 is 21.8 Å². The highest BCUT2D eigenvalue weighted by atomic mass is 79.9. The van der Waals surface area contributed by atoms with Crippen molar-refractivity contribution in [2.45, 2.75) is 29.7 Å². The molecule has 1 atom stereocenters. The molecule has 1 amide bonds. The van der Waals surface area contributed by atoms with Gasteiger partial charge in [0.15, 0.2) is 5.11 Å². The first-order chi connectivity index (χ1) is 15.1. The zero-order chi connectivity index (χ0) is 23.7. The SMILES string of the molecule is CCCCOC(=O)c1ccc(NC(=S)NC(NC(=O)c2ccc(Br)cc2)C(Cl)(Cl)Cl)cc1. The van der Waals surface area contributed by atoms with Crippen molar-refractivity contribution in [3.8, 4) is 0 Å². The fraction of sp³-hybridized carbons (Fsp3) is 0.286. The van der Waals surface area contributed by atoms with E-state index >= 15 is 0 Å². The van der Waals surface area contributed by atoms with Gasteiger partial charge in [-0.25, -0.2) is 4.79 Å². The first-order valence-electron chi connectivity index (χ1n) is 9.58. The second-order valence-corrected chi connectivity index (χ2v) is 10.3. The molecule has 32 heavy (non-hydrogen) atoms. The summed E-state index contributed by atoms with van der Waals surface area (Å²) in [5, 5.41) is 8.41. The van der Waals surface area contributed by atoms with E-state index in [0.29, 0.717) is 23.4 Å². The minimum atomic E-state index is -1.89. The van der Waals surface area contributed by atoms with E-state index in [2.05, 4.69) is 31.9 Å². The molecule has 1 unspecified atom stereocenters. The van der Waals surface area contributed by atoms with Gasteiger partial charge in [0.2, 0.25) is 3.79 Å². The van der Waals surface area contributed by atoms with Crippen LogP contribution in [0.2, 0.25) is 0 Å². The van der Waals surface area contributed by atoms with Crippen LogP contribution in [0.1, 0.15) is 40.5 Å². The summed E-state index contributed by atoms with van der Waals surface area (Å²) in [7, 11) is 0. The molecule has 0 aliphatic heterocycles. The molecule has 2 aromatic carbocycles. The van der Waals surface area contributed by atoms with Crippen LogP contribution in [0.15, 0.2) is 53.0 Å². The van der Waals surface area contributed by atoms with Crippen LogP contribution >= 0.6 is 63.0 Å². The van der Waals surface area contributed by atoms with E-state index in [1.807, 2.05) is 6.92 Å². The van der Waals surface area contributed by atoms with E-state index in [1.54, 1.807) is 48.5 Å². The lowest BCUT2D eigenvalue weighted by molar-refractivity contribution is 0.0499. The van der Waals surface area contributed by atoms with Gasteiger partial charge in [-0.3, -0.25) is 4.79 Å². The van der Waals surface area contributed by atoms with Gasteiger partial charge in [-0.15, -0.1) is 0 Å². The Labute approximate surface area is 215 Å². The smallest absolute Gasteiger partial charge is 0.338 e. The molecule has 0 fully saturated rings. The number of rotatable bonds is 8. The molecular weight excluding hydrogens is 561 g/mol. The molecule has 0 bridgehead atoms. The molecule has 0 aliphatic carbocycles. The minimum Gasteiger partial charge on any atom is -0.462 e. The number of ether oxygens (including phenoxy) is 1. The Morgan fingerprint density at radius 2 is 1.62 bits per heavy atom. The highest BCUT2D eigenvalue weighted by molar-refractivity contribution is 9.10. The maximum Gasteiger partial charge on any atom is 0.338 e. The summed E-state index contributed by atoms with van der Waals surface area (Å²) < 4.78 is 4.12. The van der Waals surface area contributed by atoms with Crippen molar-refractivity contribution in [3.63, 3.8) is 0 Å². The van der Waals surface area contributed by atoms with E-state index in [-0.39, 0.29) is 5.11 Å². The standard InChI is InChI=1S/C21H21BrCl3N3O3S/c1-2-3-12-31-18(30)14-6-10-16(11-7-14)26-20(32)28-19(21(23,24)25)27-17(29)13-4-8-15(22)9-5-13/h4-11,19H,2-3,12H2,1H3,(H,27,29)(H2,26,28,32). The van der Waals surface area contributed by atoms with Gasteiger partial charge in [-0.05, 0) is 67.2 Å². The molecule has 2 aromatic rings. The Bertz CT molecular complexity index is 938. The summed E-state index contributed by atoms with van der Waals surface area (Å²) in [6.07, 6.45) is 0.643. The van der Waals surface area contributed by atoms with Crippen LogP contribution in [0.4, 0.5) is 5.69 Å². The molecule has 0 aromatic heterocycles. The molecule has 0 saturated heterocycles. The molecule has 0 aliphatic rings. The lowest BCUT2D eigenvalue weighted by Crippen LogP contribution is -2.56. The lowest BCUT2D eigenvalue weighted by atomic mass is 10.2. The second kappa shape index (κ2) is 12.6. The predicted octanol–water partition coefficient (Wildman–Crippen LogP) is 5.82. The number of nitrogens with one attached hydrogen (secondary N) is 3. The normalized spacial score (nSPS) is 11.9. The quantitative estimate of drug-likeness (QED) is 0.120.